The molecule has 1 aromatic rings. The van der Waals surface area contributed by atoms with E-state index in [9.17, 15) is 13.2 Å². The van der Waals surface area contributed by atoms with E-state index in [-0.39, 0.29) is 12.0 Å². The second kappa shape index (κ2) is 5.69. The van der Waals surface area contributed by atoms with Crippen LogP contribution in [-0.2, 0) is 0 Å². The summed E-state index contributed by atoms with van der Waals surface area (Å²) in [5, 5.41) is 0. The minimum Gasteiger partial charge on any atom is -0.463 e. The Kier molecular flexibility index (Phi) is 4.51. The summed E-state index contributed by atoms with van der Waals surface area (Å²) >= 11 is 0. The van der Waals surface area contributed by atoms with Crippen LogP contribution in [0.25, 0.3) is 0 Å². The minimum atomic E-state index is -4.51. The molecule has 0 fully saturated rings. The number of alkyl halides is 3. The third kappa shape index (κ3) is 4.22. The van der Waals surface area contributed by atoms with Gasteiger partial charge in [-0.15, -0.1) is 4.98 Å². The first-order valence-corrected chi connectivity index (χ1v) is 5.20. The maximum atomic E-state index is 12.3. The molecule has 0 aliphatic heterocycles. The molecule has 1 rings (SSSR count). The highest BCUT2D eigenvalue weighted by molar-refractivity contribution is 5.20. The van der Waals surface area contributed by atoms with Gasteiger partial charge in [0.15, 0.2) is 6.10 Å². The molecule has 0 aliphatic rings. The van der Waals surface area contributed by atoms with Gasteiger partial charge in [0.2, 0.25) is 5.95 Å². The van der Waals surface area contributed by atoms with Gasteiger partial charge in [-0.1, -0.05) is 6.92 Å². The molecule has 6 nitrogen and oxygen atoms in total. The van der Waals surface area contributed by atoms with Crippen molar-refractivity contribution in [1.29, 1.82) is 0 Å². The van der Waals surface area contributed by atoms with Crippen molar-refractivity contribution in [2.75, 3.05) is 12.3 Å². The number of anilines is 1. The molecule has 2 N–H and O–H groups in total. The van der Waals surface area contributed by atoms with Crippen molar-refractivity contribution in [3.8, 4) is 12.0 Å². The van der Waals surface area contributed by atoms with Gasteiger partial charge in [-0.25, -0.2) is 0 Å². The molecule has 18 heavy (non-hydrogen) atoms. The summed E-state index contributed by atoms with van der Waals surface area (Å²) in [5.41, 5.74) is 5.31. The van der Waals surface area contributed by atoms with Crippen LogP contribution in [0.3, 0.4) is 0 Å². The fourth-order valence-corrected chi connectivity index (χ4v) is 0.888. The highest BCUT2D eigenvalue weighted by Gasteiger charge is 2.38. The zero-order valence-corrected chi connectivity index (χ0v) is 9.86. The number of hydrogen-bond donors (Lipinski definition) is 1. The zero-order chi connectivity index (χ0) is 13.8. The van der Waals surface area contributed by atoms with Crippen LogP contribution >= 0.6 is 0 Å². The lowest BCUT2D eigenvalue weighted by atomic mass is 10.4. The largest absolute Gasteiger partial charge is 0.463 e. The van der Waals surface area contributed by atoms with Gasteiger partial charge in [-0.3, -0.25) is 0 Å². The summed E-state index contributed by atoms with van der Waals surface area (Å²) in [6.45, 7) is 3.01. The Balaban J connectivity index is 2.79. The second-order valence-electron chi connectivity index (χ2n) is 3.41. The highest BCUT2D eigenvalue weighted by atomic mass is 19.4. The third-order valence-electron chi connectivity index (χ3n) is 1.79. The lowest BCUT2D eigenvalue weighted by molar-refractivity contribution is -0.190. The Morgan fingerprint density at radius 1 is 1.22 bits per heavy atom. The summed E-state index contributed by atoms with van der Waals surface area (Å²) in [7, 11) is 0. The number of halogens is 3. The summed E-state index contributed by atoms with van der Waals surface area (Å²) in [5.74, 6) is -0.263. The molecule has 9 heteroatoms. The van der Waals surface area contributed by atoms with Crippen molar-refractivity contribution in [2.45, 2.75) is 32.5 Å². The molecule has 0 bridgehead atoms. The fraction of sp³-hybridized carbons (Fsp3) is 0.667. The molecular formula is C9H13F3N4O2. The molecule has 1 heterocycles. The number of nitrogen functional groups attached to an aromatic ring is 1. The fourth-order valence-electron chi connectivity index (χ4n) is 0.888. The predicted molar refractivity (Wildman–Crippen MR) is 56.2 cm³/mol. The molecule has 0 radical (unpaired) electrons. The van der Waals surface area contributed by atoms with Gasteiger partial charge in [-0.2, -0.15) is 23.1 Å². The van der Waals surface area contributed by atoms with E-state index in [1.807, 2.05) is 6.92 Å². The van der Waals surface area contributed by atoms with E-state index in [1.54, 1.807) is 0 Å². The van der Waals surface area contributed by atoms with Crippen LogP contribution < -0.4 is 15.2 Å². The van der Waals surface area contributed by atoms with Crippen LogP contribution in [0.4, 0.5) is 19.1 Å². The topological polar surface area (TPSA) is 83.2 Å². The molecule has 102 valence electrons. The van der Waals surface area contributed by atoms with Gasteiger partial charge in [0, 0.05) is 0 Å². The van der Waals surface area contributed by atoms with E-state index in [4.69, 9.17) is 10.5 Å². The number of nitrogens with zero attached hydrogens (tertiary/aromatic N) is 3. The number of aromatic nitrogens is 3. The standard InChI is InChI=1S/C9H13F3N4O2/c1-3-4-17-7-14-6(13)15-8(16-7)18-5(2)9(10,11)12/h5H,3-4H2,1-2H3,(H2,13,14,15,16). The van der Waals surface area contributed by atoms with Crippen molar-refractivity contribution in [3.05, 3.63) is 0 Å². The molecule has 1 atom stereocenters. The van der Waals surface area contributed by atoms with Crippen LogP contribution in [0.1, 0.15) is 20.3 Å². The van der Waals surface area contributed by atoms with E-state index >= 15 is 0 Å². The summed E-state index contributed by atoms with van der Waals surface area (Å²) in [6, 6.07) is -0.674. The van der Waals surface area contributed by atoms with Crippen molar-refractivity contribution >= 4 is 5.95 Å². The van der Waals surface area contributed by atoms with E-state index in [0.29, 0.717) is 13.0 Å². The maximum Gasteiger partial charge on any atom is 0.425 e. The molecular weight excluding hydrogens is 253 g/mol. The van der Waals surface area contributed by atoms with E-state index in [2.05, 4.69) is 19.7 Å². The predicted octanol–water partition coefficient (Wildman–Crippen LogP) is 1.57. The monoisotopic (exact) mass is 266 g/mol. The molecule has 0 saturated carbocycles. The van der Waals surface area contributed by atoms with Crippen LogP contribution in [0.15, 0.2) is 0 Å². The average Bonchev–Trinajstić information content (AvgIpc) is 2.24. The molecule has 0 aromatic carbocycles. The summed E-state index contributed by atoms with van der Waals surface area (Å²) in [4.78, 5) is 10.6. The number of ether oxygens (including phenoxy) is 2. The number of hydrogen-bond acceptors (Lipinski definition) is 6. The quantitative estimate of drug-likeness (QED) is 0.871. The first-order chi connectivity index (χ1) is 8.32. The molecule has 0 aliphatic carbocycles. The van der Waals surface area contributed by atoms with Crippen LogP contribution in [-0.4, -0.2) is 33.8 Å². The molecule has 1 aromatic heterocycles. The summed E-state index contributed by atoms with van der Waals surface area (Å²) < 4.78 is 46.4. The van der Waals surface area contributed by atoms with Crippen LogP contribution in [0.5, 0.6) is 12.0 Å². The minimum absolute atomic E-state index is 0.159. The van der Waals surface area contributed by atoms with E-state index in [1.165, 1.54) is 0 Å². The SMILES string of the molecule is CCCOc1nc(N)nc(OC(C)C(F)(F)F)n1. The van der Waals surface area contributed by atoms with Gasteiger partial charge < -0.3 is 15.2 Å². The Hall–Kier alpha value is -1.80. The Labute approximate surface area is 101 Å². The number of rotatable bonds is 5. The normalized spacial score (nSPS) is 13.2. The first-order valence-electron chi connectivity index (χ1n) is 5.20. The Morgan fingerprint density at radius 2 is 1.83 bits per heavy atom. The second-order valence-corrected chi connectivity index (χ2v) is 3.41. The van der Waals surface area contributed by atoms with Crippen molar-refractivity contribution < 1.29 is 22.6 Å². The van der Waals surface area contributed by atoms with Gasteiger partial charge >= 0.3 is 18.2 Å². The first kappa shape index (κ1) is 14.3. The van der Waals surface area contributed by atoms with Crippen molar-refractivity contribution in [1.82, 2.24) is 15.0 Å². The Bertz CT molecular complexity index is 400. The third-order valence-corrected chi connectivity index (χ3v) is 1.79. The highest BCUT2D eigenvalue weighted by Crippen LogP contribution is 2.23. The van der Waals surface area contributed by atoms with Gasteiger partial charge in [0.25, 0.3) is 0 Å². The summed E-state index contributed by atoms with van der Waals surface area (Å²) in [6.07, 6.45) is -5.86. The lowest BCUT2D eigenvalue weighted by Gasteiger charge is -2.16. The van der Waals surface area contributed by atoms with E-state index in [0.717, 1.165) is 6.92 Å². The van der Waals surface area contributed by atoms with Crippen molar-refractivity contribution in [2.24, 2.45) is 0 Å². The van der Waals surface area contributed by atoms with Gasteiger partial charge in [0.05, 0.1) is 6.61 Å². The Morgan fingerprint density at radius 3 is 2.39 bits per heavy atom. The molecule has 0 spiro atoms. The maximum absolute atomic E-state index is 12.3. The van der Waals surface area contributed by atoms with Crippen LogP contribution in [0.2, 0.25) is 0 Å². The number of nitrogens with two attached hydrogens (primary N) is 1. The van der Waals surface area contributed by atoms with Crippen LogP contribution in [0, 0.1) is 0 Å². The van der Waals surface area contributed by atoms with Gasteiger partial charge in [-0.05, 0) is 13.3 Å². The average molecular weight is 266 g/mol. The smallest absolute Gasteiger partial charge is 0.425 e. The van der Waals surface area contributed by atoms with E-state index < -0.39 is 18.3 Å². The van der Waals surface area contributed by atoms with Crippen molar-refractivity contribution in [3.63, 3.8) is 0 Å². The van der Waals surface area contributed by atoms with Gasteiger partial charge in [0.1, 0.15) is 0 Å². The lowest BCUT2D eigenvalue weighted by Crippen LogP contribution is -2.32. The molecule has 0 amide bonds. The molecule has 0 saturated heterocycles. The molecule has 1 unspecified atom stereocenters. The zero-order valence-electron chi connectivity index (χ0n) is 9.86.